The predicted octanol–water partition coefficient (Wildman–Crippen LogP) is 5.82. The van der Waals surface area contributed by atoms with E-state index in [0.717, 1.165) is 41.6 Å². The average Bonchev–Trinajstić information content (AvgIpc) is 3.26. The quantitative estimate of drug-likeness (QED) is 0.564. The number of carbonyl (C=O) groups is 1. The molecule has 0 N–H and O–H groups in total. The lowest BCUT2D eigenvalue weighted by Gasteiger charge is -2.57. The first kappa shape index (κ1) is 21.2. The number of nitrogens with zero attached hydrogens (tertiary/aromatic N) is 2. The molecule has 0 aromatic heterocycles. The van der Waals surface area contributed by atoms with Gasteiger partial charge in [-0.25, -0.2) is 0 Å². The van der Waals surface area contributed by atoms with Gasteiger partial charge < -0.3 is 9.64 Å². The second kappa shape index (κ2) is 8.23. The van der Waals surface area contributed by atoms with Crippen LogP contribution in [0.2, 0.25) is 0 Å². The van der Waals surface area contributed by atoms with E-state index in [2.05, 4.69) is 58.4 Å². The average molecular weight is 473 g/mol. The molecule has 2 aliphatic heterocycles. The van der Waals surface area contributed by atoms with Crippen molar-refractivity contribution in [2.75, 3.05) is 26.3 Å². The third-order valence-corrected chi connectivity index (χ3v) is 10.2. The minimum Gasteiger partial charge on any atom is -0.378 e. The molecule has 2 aromatic carbocycles. The number of thioether (sulfide) groups is 1. The zero-order valence-corrected chi connectivity index (χ0v) is 20.4. The Morgan fingerprint density at radius 3 is 2.24 bits per heavy atom. The highest BCUT2D eigenvalue weighted by molar-refractivity contribution is 8.15. The third-order valence-electron chi connectivity index (χ3n) is 8.97. The van der Waals surface area contributed by atoms with E-state index in [1.165, 1.54) is 49.7 Å². The fraction of sp³-hybridized carbons (Fsp3) is 0.517. The molecular formula is C29H32N2O2S. The van der Waals surface area contributed by atoms with Gasteiger partial charge in [0.2, 0.25) is 0 Å². The second-order valence-electron chi connectivity index (χ2n) is 11.2. The molecule has 4 bridgehead atoms. The van der Waals surface area contributed by atoms with E-state index in [9.17, 15) is 4.79 Å². The zero-order chi connectivity index (χ0) is 22.7. The molecular weight excluding hydrogens is 440 g/mol. The van der Waals surface area contributed by atoms with Crippen LogP contribution in [0.15, 0.2) is 53.5 Å². The molecule has 176 valence electrons. The molecule has 0 radical (unpaired) electrons. The van der Waals surface area contributed by atoms with Crippen LogP contribution in [0.1, 0.15) is 54.9 Å². The van der Waals surface area contributed by atoms with E-state index in [4.69, 9.17) is 4.74 Å². The first-order valence-corrected chi connectivity index (χ1v) is 13.9. The fourth-order valence-electron chi connectivity index (χ4n) is 7.82. The van der Waals surface area contributed by atoms with E-state index in [-0.39, 0.29) is 11.2 Å². The number of morpholine rings is 1. The maximum atomic E-state index is 12.8. The van der Waals surface area contributed by atoms with Crippen molar-refractivity contribution < 1.29 is 9.53 Å². The Kier molecular flexibility index (Phi) is 5.13. The Hall–Kier alpha value is -2.11. The molecule has 5 heteroatoms. The summed E-state index contributed by atoms with van der Waals surface area (Å²) in [5.74, 6) is 2.81. The minimum atomic E-state index is -0.246. The van der Waals surface area contributed by atoms with Crippen LogP contribution in [-0.2, 0) is 14.9 Å². The summed E-state index contributed by atoms with van der Waals surface area (Å²) >= 11 is 1.59. The summed E-state index contributed by atoms with van der Waals surface area (Å²) in [6, 6.07) is 17.9. The number of hydrogen-bond acceptors (Lipinski definition) is 4. The van der Waals surface area contributed by atoms with Crippen molar-refractivity contribution in [3.05, 3.63) is 59.7 Å². The molecule has 4 aliphatic carbocycles. The van der Waals surface area contributed by atoms with Gasteiger partial charge in [-0.3, -0.25) is 4.79 Å². The Balaban J connectivity index is 1.15. The number of rotatable bonds is 3. The molecule has 8 rings (SSSR count). The van der Waals surface area contributed by atoms with E-state index < -0.39 is 0 Å². The van der Waals surface area contributed by atoms with Crippen LogP contribution >= 0.6 is 11.8 Å². The summed E-state index contributed by atoms with van der Waals surface area (Å²) in [4.78, 5) is 19.4. The van der Waals surface area contributed by atoms with E-state index >= 15 is 0 Å². The molecule has 34 heavy (non-hydrogen) atoms. The van der Waals surface area contributed by atoms with Crippen molar-refractivity contribution in [3.63, 3.8) is 0 Å². The van der Waals surface area contributed by atoms with Crippen molar-refractivity contribution in [1.29, 1.82) is 0 Å². The van der Waals surface area contributed by atoms with E-state index in [1.807, 2.05) is 0 Å². The highest BCUT2D eigenvalue weighted by Gasteiger charge is 2.51. The van der Waals surface area contributed by atoms with Gasteiger partial charge in [0.05, 0.1) is 13.2 Å². The van der Waals surface area contributed by atoms with E-state index in [0.29, 0.717) is 18.6 Å². The van der Waals surface area contributed by atoms with Gasteiger partial charge in [0, 0.05) is 13.1 Å². The number of aliphatic imine (C=N–C) groups is 1. The van der Waals surface area contributed by atoms with Gasteiger partial charge in [0.25, 0.3) is 5.91 Å². The van der Waals surface area contributed by atoms with Gasteiger partial charge in [-0.1, -0.05) is 54.2 Å². The van der Waals surface area contributed by atoms with Crippen LogP contribution in [0.4, 0.5) is 0 Å². The maximum absolute atomic E-state index is 12.8. The summed E-state index contributed by atoms with van der Waals surface area (Å²) in [5.41, 5.74) is 5.50. The van der Waals surface area contributed by atoms with Gasteiger partial charge in [-0.15, -0.1) is 0 Å². The normalized spacial score (nSPS) is 34.5. The number of benzene rings is 2. The molecule has 4 nitrogen and oxygen atoms in total. The number of amides is 1. The topological polar surface area (TPSA) is 41.9 Å². The third kappa shape index (κ3) is 3.63. The second-order valence-corrected chi connectivity index (χ2v) is 12.3. The van der Waals surface area contributed by atoms with Gasteiger partial charge in [0.15, 0.2) is 5.17 Å². The van der Waals surface area contributed by atoms with Crippen molar-refractivity contribution >= 4 is 22.8 Å². The first-order valence-electron chi connectivity index (χ1n) is 13.0. The van der Waals surface area contributed by atoms with Crippen LogP contribution < -0.4 is 0 Å². The Morgan fingerprint density at radius 1 is 0.882 bits per heavy atom. The van der Waals surface area contributed by atoms with Gasteiger partial charge in [-0.05, 0) is 90.0 Å². The largest absolute Gasteiger partial charge is 0.378 e. The van der Waals surface area contributed by atoms with Crippen molar-refractivity contribution in [2.24, 2.45) is 22.7 Å². The van der Waals surface area contributed by atoms with Crippen LogP contribution in [0.25, 0.3) is 11.1 Å². The Labute approximate surface area is 206 Å². The summed E-state index contributed by atoms with van der Waals surface area (Å²) in [7, 11) is 0. The van der Waals surface area contributed by atoms with Crippen molar-refractivity contribution in [2.45, 2.75) is 49.2 Å². The number of carbonyl (C=O) groups excluding carboxylic acids is 1. The molecule has 2 heterocycles. The first-order chi connectivity index (χ1) is 16.6. The lowest BCUT2D eigenvalue weighted by atomic mass is 9.48. The van der Waals surface area contributed by atoms with Crippen LogP contribution in [0, 0.1) is 17.8 Å². The molecule has 0 spiro atoms. The summed E-state index contributed by atoms with van der Waals surface area (Å²) in [6.45, 7) is 3.02. The van der Waals surface area contributed by atoms with Crippen molar-refractivity contribution in [3.8, 4) is 11.1 Å². The molecule has 6 aliphatic rings. The summed E-state index contributed by atoms with van der Waals surface area (Å²) in [6.07, 6.45) is 8.58. The lowest BCUT2D eigenvalue weighted by Crippen LogP contribution is -2.48. The molecule has 1 atom stereocenters. The number of ether oxygens (including phenoxy) is 1. The van der Waals surface area contributed by atoms with Crippen molar-refractivity contribution in [1.82, 2.24) is 4.90 Å². The van der Waals surface area contributed by atoms with E-state index in [1.54, 1.807) is 17.3 Å². The van der Waals surface area contributed by atoms with Crippen LogP contribution in [-0.4, -0.2) is 42.3 Å². The molecule has 5 fully saturated rings. The smallest absolute Gasteiger partial charge is 0.266 e. The summed E-state index contributed by atoms with van der Waals surface area (Å²) in [5, 5.41) is 0.608. The standard InChI is InChI=1S/C29H32N2O2S/c32-27-26(34-28(30-27)31-7-9-33-10-8-31)24-5-1-3-22(14-24)23-4-2-6-25(15-23)29-16-19-11-20(17-29)13-21(12-19)18-29/h1-6,14-15,19-21,26H,7-13,16-18H2. The predicted molar refractivity (Wildman–Crippen MR) is 137 cm³/mol. The lowest BCUT2D eigenvalue weighted by molar-refractivity contribution is -0.117. The monoisotopic (exact) mass is 472 g/mol. The van der Waals surface area contributed by atoms with Crippen LogP contribution in [0.3, 0.4) is 0 Å². The fourth-order valence-corrected chi connectivity index (χ4v) is 8.94. The Morgan fingerprint density at radius 2 is 1.53 bits per heavy atom. The highest BCUT2D eigenvalue weighted by Crippen LogP contribution is 2.60. The molecule has 2 aromatic rings. The summed E-state index contributed by atoms with van der Waals surface area (Å²) < 4.78 is 5.46. The van der Waals surface area contributed by atoms with Crippen LogP contribution in [0.5, 0.6) is 0 Å². The minimum absolute atomic E-state index is 0.0361. The van der Waals surface area contributed by atoms with Gasteiger partial charge in [0.1, 0.15) is 5.25 Å². The number of amidine groups is 1. The molecule has 1 saturated heterocycles. The highest BCUT2D eigenvalue weighted by atomic mass is 32.2. The molecule has 1 amide bonds. The maximum Gasteiger partial charge on any atom is 0.266 e. The molecule has 4 saturated carbocycles. The molecule has 1 unspecified atom stereocenters. The Bertz CT molecular complexity index is 1120. The SMILES string of the molecule is O=C1N=C(N2CCOCC2)SC1c1cccc(-c2cccc(C34CC5CC(CC(C5)C3)C4)c2)c1. The zero-order valence-electron chi connectivity index (χ0n) is 19.6. The van der Waals surface area contributed by atoms with Gasteiger partial charge >= 0.3 is 0 Å². The van der Waals surface area contributed by atoms with Gasteiger partial charge in [-0.2, -0.15) is 4.99 Å². The number of hydrogen-bond donors (Lipinski definition) is 0.